The Morgan fingerprint density at radius 1 is 1.45 bits per heavy atom. The average molecular weight is 301 g/mol. The van der Waals surface area contributed by atoms with E-state index in [9.17, 15) is 22.9 Å². The first-order valence-electron chi connectivity index (χ1n) is 5.18. The molecule has 0 unspecified atom stereocenters. The molecule has 0 bridgehead atoms. The number of nitro benzene ring substituents is 1. The summed E-state index contributed by atoms with van der Waals surface area (Å²) in [6.07, 6.45) is 1.18. The van der Waals surface area contributed by atoms with Gasteiger partial charge in [0.2, 0.25) is 10.0 Å². The summed E-state index contributed by atoms with van der Waals surface area (Å²) in [6, 6.07) is 2.25. The highest BCUT2D eigenvalue weighted by Crippen LogP contribution is 2.20. The third-order valence-electron chi connectivity index (χ3n) is 2.31. The highest BCUT2D eigenvalue weighted by Gasteiger charge is 2.22. The van der Waals surface area contributed by atoms with Crippen molar-refractivity contribution >= 4 is 15.7 Å². The lowest BCUT2D eigenvalue weighted by atomic mass is 10.3. The minimum atomic E-state index is -4.24. The van der Waals surface area contributed by atoms with Gasteiger partial charge in [-0.3, -0.25) is 15.2 Å². The molecule has 11 heteroatoms. The van der Waals surface area contributed by atoms with Crippen LogP contribution in [0, 0.1) is 15.9 Å². The lowest BCUT2D eigenvalue weighted by molar-refractivity contribution is -0.385. The fourth-order valence-corrected chi connectivity index (χ4v) is 2.45. The number of halogens is 1. The molecule has 2 N–H and O–H groups in total. The van der Waals surface area contributed by atoms with Crippen molar-refractivity contribution < 1.29 is 17.7 Å². The van der Waals surface area contributed by atoms with Crippen LogP contribution in [0.4, 0.5) is 10.1 Å². The zero-order valence-electron chi connectivity index (χ0n) is 9.78. The fraction of sp³-hybridized carbons (Fsp3) is 0.111. The van der Waals surface area contributed by atoms with Gasteiger partial charge in [0.05, 0.1) is 11.5 Å². The second-order valence-electron chi connectivity index (χ2n) is 3.63. The van der Waals surface area contributed by atoms with Gasteiger partial charge < -0.3 is 0 Å². The van der Waals surface area contributed by atoms with Crippen molar-refractivity contribution in [2.24, 2.45) is 0 Å². The van der Waals surface area contributed by atoms with Crippen LogP contribution in [-0.4, -0.2) is 28.5 Å². The van der Waals surface area contributed by atoms with E-state index in [1.54, 1.807) is 0 Å². The Bertz CT molecular complexity index is 731. The normalized spacial score (nSPS) is 11.4. The SMILES string of the molecule is O=[N+]([O-])c1ccc(F)c(S(=O)(=O)NCc2ncn[nH]2)c1. The number of aromatic nitrogens is 3. The molecule has 106 valence electrons. The Morgan fingerprint density at radius 2 is 2.20 bits per heavy atom. The van der Waals surface area contributed by atoms with E-state index < -0.39 is 31.3 Å². The summed E-state index contributed by atoms with van der Waals surface area (Å²) < 4.78 is 39.4. The summed E-state index contributed by atoms with van der Waals surface area (Å²) in [5.74, 6) is -0.861. The van der Waals surface area contributed by atoms with E-state index in [2.05, 4.69) is 19.9 Å². The molecule has 0 fully saturated rings. The van der Waals surface area contributed by atoms with Gasteiger partial charge in [-0.25, -0.2) is 22.5 Å². The number of rotatable bonds is 5. The molecule has 9 nitrogen and oxygen atoms in total. The third kappa shape index (κ3) is 2.95. The van der Waals surface area contributed by atoms with E-state index in [4.69, 9.17) is 0 Å². The lowest BCUT2D eigenvalue weighted by Crippen LogP contribution is -2.24. The molecule has 0 aliphatic rings. The molecule has 0 aliphatic heterocycles. The Balaban J connectivity index is 2.28. The first-order valence-corrected chi connectivity index (χ1v) is 6.66. The van der Waals surface area contributed by atoms with Crippen LogP contribution >= 0.6 is 0 Å². The number of H-pyrrole nitrogens is 1. The summed E-state index contributed by atoms with van der Waals surface area (Å²) in [5.41, 5.74) is -0.522. The highest BCUT2D eigenvalue weighted by molar-refractivity contribution is 7.89. The Kier molecular flexibility index (Phi) is 3.72. The van der Waals surface area contributed by atoms with Crippen LogP contribution in [0.15, 0.2) is 29.4 Å². The maximum absolute atomic E-state index is 13.5. The number of hydrogen-bond acceptors (Lipinski definition) is 6. The maximum Gasteiger partial charge on any atom is 0.270 e. The molecular weight excluding hydrogens is 293 g/mol. The molecular formula is C9H8FN5O4S. The summed E-state index contributed by atoms with van der Waals surface area (Å²) in [4.78, 5) is 12.7. The van der Waals surface area contributed by atoms with Crippen LogP contribution in [0.25, 0.3) is 0 Å². The van der Waals surface area contributed by atoms with Crippen molar-refractivity contribution in [1.29, 1.82) is 0 Å². The molecule has 1 aromatic heterocycles. The topological polar surface area (TPSA) is 131 Å². The minimum absolute atomic E-state index is 0.222. The number of sulfonamides is 1. The standard InChI is InChI=1S/C9H8FN5O4S/c10-7-2-1-6(15(16)17)3-8(7)20(18,19)13-4-9-11-5-12-14-9/h1-3,5,13H,4H2,(H,11,12,14). The fourth-order valence-electron chi connectivity index (χ4n) is 1.37. The number of non-ortho nitro benzene ring substituents is 1. The van der Waals surface area contributed by atoms with Gasteiger partial charge in [0.15, 0.2) is 0 Å². The molecule has 0 aliphatic carbocycles. The summed E-state index contributed by atoms with van der Waals surface area (Å²) in [7, 11) is -4.24. The Morgan fingerprint density at radius 3 is 2.80 bits per heavy atom. The smallest absolute Gasteiger partial charge is 0.262 e. The molecule has 0 amide bonds. The largest absolute Gasteiger partial charge is 0.270 e. The highest BCUT2D eigenvalue weighted by atomic mass is 32.2. The van der Waals surface area contributed by atoms with Crippen LogP contribution in [-0.2, 0) is 16.6 Å². The predicted molar refractivity (Wildman–Crippen MR) is 63.5 cm³/mol. The zero-order chi connectivity index (χ0) is 14.8. The number of nitrogens with one attached hydrogen (secondary N) is 2. The summed E-state index contributed by atoms with van der Waals surface area (Å²) in [6.45, 7) is -0.246. The molecule has 1 aromatic carbocycles. The molecule has 0 spiro atoms. The summed E-state index contributed by atoms with van der Waals surface area (Å²) >= 11 is 0. The number of nitro groups is 1. The van der Waals surface area contributed by atoms with Crippen molar-refractivity contribution in [1.82, 2.24) is 19.9 Å². The van der Waals surface area contributed by atoms with Gasteiger partial charge in [0.1, 0.15) is 22.9 Å². The Labute approximate surface area is 112 Å². The van der Waals surface area contributed by atoms with E-state index in [0.717, 1.165) is 12.1 Å². The molecule has 0 atom stereocenters. The summed E-state index contributed by atoms with van der Waals surface area (Å²) in [5, 5.41) is 16.5. The van der Waals surface area contributed by atoms with Crippen molar-refractivity contribution in [2.45, 2.75) is 11.4 Å². The van der Waals surface area contributed by atoms with Crippen molar-refractivity contribution in [3.63, 3.8) is 0 Å². The van der Waals surface area contributed by atoms with E-state index in [1.807, 2.05) is 0 Å². The van der Waals surface area contributed by atoms with Crippen LogP contribution in [0.3, 0.4) is 0 Å². The third-order valence-corrected chi connectivity index (χ3v) is 3.73. The van der Waals surface area contributed by atoms with E-state index in [-0.39, 0.29) is 12.4 Å². The minimum Gasteiger partial charge on any atom is -0.262 e. The number of nitrogens with zero attached hydrogens (tertiary/aromatic N) is 3. The molecule has 1 heterocycles. The molecule has 0 saturated heterocycles. The van der Waals surface area contributed by atoms with E-state index in [0.29, 0.717) is 6.07 Å². The molecule has 2 rings (SSSR count). The van der Waals surface area contributed by atoms with Crippen molar-refractivity contribution in [3.05, 3.63) is 46.3 Å². The first kappa shape index (κ1) is 14.0. The average Bonchev–Trinajstić information content (AvgIpc) is 2.89. The molecule has 2 aromatic rings. The predicted octanol–water partition coefficient (Wildman–Crippen LogP) is 0.331. The number of benzene rings is 1. The maximum atomic E-state index is 13.5. The Hall–Kier alpha value is -2.40. The van der Waals surface area contributed by atoms with Gasteiger partial charge in [-0.15, -0.1) is 0 Å². The quantitative estimate of drug-likeness (QED) is 0.604. The van der Waals surface area contributed by atoms with Crippen LogP contribution < -0.4 is 4.72 Å². The molecule has 20 heavy (non-hydrogen) atoms. The van der Waals surface area contributed by atoms with Gasteiger partial charge in [-0.05, 0) is 6.07 Å². The van der Waals surface area contributed by atoms with E-state index >= 15 is 0 Å². The van der Waals surface area contributed by atoms with E-state index in [1.165, 1.54) is 6.33 Å². The van der Waals surface area contributed by atoms with Gasteiger partial charge in [0, 0.05) is 12.1 Å². The van der Waals surface area contributed by atoms with Gasteiger partial charge in [-0.2, -0.15) is 5.10 Å². The van der Waals surface area contributed by atoms with Crippen LogP contribution in [0.5, 0.6) is 0 Å². The van der Waals surface area contributed by atoms with Crippen molar-refractivity contribution in [3.8, 4) is 0 Å². The van der Waals surface area contributed by atoms with Gasteiger partial charge >= 0.3 is 0 Å². The zero-order valence-corrected chi connectivity index (χ0v) is 10.6. The van der Waals surface area contributed by atoms with Crippen molar-refractivity contribution in [2.75, 3.05) is 0 Å². The monoisotopic (exact) mass is 301 g/mol. The van der Waals surface area contributed by atoms with Gasteiger partial charge in [0.25, 0.3) is 5.69 Å². The van der Waals surface area contributed by atoms with Gasteiger partial charge in [-0.1, -0.05) is 0 Å². The van der Waals surface area contributed by atoms with Crippen LogP contribution in [0.1, 0.15) is 5.82 Å². The lowest BCUT2D eigenvalue weighted by Gasteiger charge is -2.06. The second-order valence-corrected chi connectivity index (χ2v) is 5.36. The van der Waals surface area contributed by atoms with Crippen LogP contribution in [0.2, 0.25) is 0 Å². The second kappa shape index (κ2) is 5.30. The number of aromatic amines is 1. The molecule has 0 saturated carbocycles. The number of hydrogen-bond donors (Lipinski definition) is 2. The molecule has 0 radical (unpaired) electrons. The first-order chi connectivity index (χ1) is 9.40.